The molecule has 0 bridgehead atoms. The average Bonchev–Trinajstić information content (AvgIpc) is 2.60. The van der Waals surface area contributed by atoms with Crippen molar-refractivity contribution in [3.63, 3.8) is 0 Å². The van der Waals surface area contributed by atoms with Gasteiger partial charge in [-0.2, -0.15) is 0 Å². The molecule has 0 saturated carbocycles. The summed E-state index contributed by atoms with van der Waals surface area (Å²) in [5.74, 6) is 0.494. The zero-order valence-electron chi connectivity index (χ0n) is 17.5. The Balaban J connectivity index is 0.00000676. The Morgan fingerprint density at radius 3 is 2.11 bits per heavy atom. The maximum Gasteiger partial charge on any atom is 1.00 e. The van der Waals surface area contributed by atoms with E-state index in [9.17, 15) is 13.0 Å². The maximum atomic E-state index is 10.7. The Hall–Kier alpha value is -0.0700. The van der Waals surface area contributed by atoms with Gasteiger partial charge in [-0.05, 0) is 49.3 Å². The second-order valence-electron chi connectivity index (χ2n) is 6.98. The van der Waals surface area contributed by atoms with E-state index < -0.39 is 10.1 Å². The van der Waals surface area contributed by atoms with Crippen LogP contribution in [0.1, 0.15) is 82.8 Å². The van der Waals surface area contributed by atoms with Gasteiger partial charge in [0.1, 0.15) is 5.75 Å². The minimum atomic E-state index is -4.16. The second kappa shape index (κ2) is 15.8. The molecular weight excluding hydrogens is 371 g/mol. The van der Waals surface area contributed by atoms with Crippen LogP contribution in [0.25, 0.3) is 0 Å². The molecule has 4 nitrogen and oxygen atoms in total. The van der Waals surface area contributed by atoms with Crippen molar-refractivity contribution in [1.29, 1.82) is 0 Å². The topological polar surface area (TPSA) is 66.4 Å². The van der Waals surface area contributed by atoms with Gasteiger partial charge in [0, 0.05) is 5.75 Å². The van der Waals surface area contributed by atoms with E-state index in [0.29, 0.717) is 0 Å². The van der Waals surface area contributed by atoms with E-state index in [2.05, 4.69) is 19.9 Å². The summed E-state index contributed by atoms with van der Waals surface area (Å²) in [6, 6.07) is 6.18. The first kappa shape index (κ1) is 26.9. The molecule has 150 valence electrons. The minimum absolute atomic E-state index is 0. The molecule has 6 heteroatoms. The monoisotopic (exact) mass is 406 g/mol. The van der Waals surface area contributed by atoms with Crippen LogP contribution >= 0.6 is 0 Å². The number of unbranched alkanes of at least 4 members (excludes halogenated alkanes) is 6. The molecule has 0 aromatic heterocycles. The number of aryl methyl sites for hydroxylation is 1. The van der Waals surface area contributed by atoms with Gasteiger partial charge in [-0.25, -0.2) is 8.42 Å². The Morgan fingerprint density at radius 1 is 0.889 bits per heavy atom. The first-order valence-electron chi connectivity index (χ1n) is 10.1. The second-order valence-corrected chi connectivity index (χ2v) is 8.50. The maximum absolute atomic E-state index is 10.7. The first-order chi connectivity index (χ1) is 12.5. The summed E-state index contributed by atoms with van der Waals surface area (Å²) >= 11 is 0. The molecule has 0 atom stereocenters. The van der Waals surface area contributed by atoms with Crippen molar-refractivity contribution in [1.82, 2.24) is 0 Å². The molecule has 0 spiro atoms. The van der Waals surface area contributed by atoms with E-state index in [4.69, 9.17) is 4.74 Å². The fourth-order valence-corrected chi connectivity index (χ4v) is 3.62. The van der Waals surface area contributed by atoms with E-state index in [0.717, 1.165) is 25.0 Å². The van der Waals surface area contributed by atoms with Gasteiger partial charge in [-0.15, -0.1) is 0 Å². The summed E-state index contributed by atoms with van der Waals surface area (Å²) in [4.78, 5) is 0. The fraction of sp³-hybridized carbons (Fsp3) is 0.714. The minimum Gasteiger partial charge on any atom is -0.748 e. The summed E-state index contributed by atoms with van der Waals surface area (Å²) in [6.45, 7) is 4.69. The zero-order valence-corrected chi connectivity index (χ0v) is 20.3. The molecule has 0 N–H and O–H groups in total. The molecule has 0 aliphatic rings. The van der Waals surface area contributed by atoms with Gasteiger partial charge in [0.05, 0.1) is 16.7 Å². The van der Waals surface area contributed by atoms with Crippen molar-refractivity contribution in [2.45, 2.75) is 84.5 Å². The van der Waals surface area contributed by atoms with Crippen molar-refractivity contribution in [3.05, 3.63) is 29.3 Å². The molecule has 1 aromatic rings. The van der Waals surface area contributed by atoms with Crippen LogP contribution in [-0.4, -0.2) is 25.3 Å². The number of hydrogen-bond acceptors (Lipinski definition) is 4. The van der Waals surface area contributed by atoms with Crippen LogP contribution < -0.4 is 34.3 Å². The molecule has 0 unspecified atom stereocenters. The van der Waals surface area contributed by atoms with Crippen LogP contribution in [0.15, 0.2) is 18.2 Å². The van der Waals surface area contributed by atoms with Crippen LogP contribution in [0.5, 0.6) is 5.75 Å². The van der Waals surface area contributed by atoms with Crippen LogP contribution in [0.3, 0.4) is 0 Å². The number of benzene rings is 1. The summed E-state index contributed by atoms with van der Waals surface area (Å²) in [5.41, 5.74) is 2.62. The van der Waals surface area contributed by atoms with E-state index in [1.807, 2.05) is 12.1 Å². The Kier molecular flexibility index (Phi) is 15.8. The standard InChI is InChI=1S/C21H36O4S.Na/c1-3-5-7-9-13-19-14-11-16-21(20(19)15-10-8-6-4-2)25-17-12-18-26(22,23)24;/h11,14,16H,3-10,12-13,15,17-18H2,1-2H3,(H,22,23,24);/q;+1/p-1. The van der Waals surface area contributed by atoms with Crippen molar-refractivity contribution < 1.29 is 47.3 Å². The largest absolute Gasteiger partial charge is 1.00 e. The van der Waals surface area contributed by atoms with Gasteiger partial charge >= 0.3 is 29.6 Å². The van der Waals surface area contributed by atoms with Gasteiger partial charge < -0.3 is 9.29 Å². The van der Waals surface area contributed by atoms with Crippen LogP contribution in [-0.2, 0) is 23.0 Å². The van der Waals surface area contributed by atoms with E-state index in [1.54, 1.807) is 0 Å². The van der Waals surface area contributed by atoms with Crippen molar-refractivity contribution in [3.8, 4) is 5.75 Å². The van der Waals surface area contributed by atoms with Crippen molar-refractivity contribution >= 4 is 10.1 Å². The zero-order chi connectivity index (χ0) is 19.3. The predicted molar refractivity (Wildman–Crippen MR) is 107 cm³/mol. The molecular formula is C21H35NaO4S. The summed E-state index contributed by atoms with van der Waals surface area (Å²) in [6.07, 6.45) is 12.1. The van der Waals surface area contributed by atoms with Gasteiger partial charge in [0.15, 0.2) is 0 Å². The SMILES string of the molecule is CCCCCCc1cccc(OCCCS(=O)(=O)[O-])c1CCCCCC.[Na+]. The third kappa shape index (κ3) is 12.9. The van der Waals surface area contributed by atoms with Crippen LogP contribution in [0, 0.1) is 0 Å². The third-order valence-electron chi connectivity index (χ3n) is 4.61. The average molecular weight is 407 g/mol. The fourth-order valence-electron chi connectivity index (χ4n) is 3.15. The molecule has 0 saturated heterocycles. The predicted octanol–water partition coefficient (Wildman–Crippen LogP) is 2.25. The normalized spacial score (nSPS) is 11.2. The Bertz CT molecular complexity index is 602. The molecule has 0 heterocycles. The number of hydrogen-bond donors (Lipinski definition) is 0. The van der Waals surface area contributed by atoms with Crippen molar-refractivity contribution in [2.75, 3.05) is 12.4 Å². The third-order valence-corrected chi connectivity index (χ3v) is 5.39. The molecule has 0 fully saturated rings. The molecule has 0 aliphatic heterocycles. The van der Waals surface area contributed by atoms with Gasteiger partial charge in [-0.1, -0.05) is 64.5 Å². The summed E-state index contributed by atoms with van der Waals surface area (Å²) in [7, 11) is -4.16. The molecule has 0 aliphatic carbocycles. The van der Waals surface area contributed by atoms with Crippen LogP contribution in [0.4, 0.5) is 0 Å². The first-order valence-corrected chi connectivity index (χ1v) is 11.7. The Morgan fingerprint density at radius 2 is 1.52 bits per heavy atom. The number of ether oxygens (including phenoxy) is 1. The summed E-state index contributed by atoms with van der Waals surface area (Å²) < 4.78 is 38.0. The number of rotatable bonds is 15. The quantitative estimate of drug-likeness (QED) is 0.255. The molecule has 1 aromatic carbocycles. The van der Waals surface area contributed by atoms with E-state index >= 15 is 0 Å². The van der Waals surface area contributed by atoms with E-state index in [-0.39, 0.29) is 48.3 Å². The van der Waals surface area contributed by atoms with Gasteiger partial charge in [-0.3, -0.25) is 0 Å². The summed E-state index contributed by atoms with van der Waals surface area (Å²) in [5, 5.41) is 0. The van der Waals surface area contributed by atoms with Crippen LogP contribution in [0.2, 0.25) is 0 Å². The molecule has 0 amide bonds. The van der Waals surface area contributed by atoms with Crippen molar-refractivity contribution in [2.24, 2.45) is 0 Å². The molecule has 27 heavy (non-hydrogen) atoms. The van der Waals surface area contributed by atoms with Gasteiger partial charge in [0.2, 0.25) is 0 Å². The molecule has 1 rings (SSSR count). The van der Waals surface area contributed by atoms with E-state index in [1.165, 1.54) is 56.1 Å². The molecule has 0 radical (unpaired) electrons. The Labute approximate surface area is 188 Å². The smallest absolute Gasteiger partial charge is 0.748 e. The van der Waals surface area contributed by atoms with Gasteiger partial charge in [0.25, 0.3) is 0 Å².